The van der Waals surface area contributed by atoms with Crippen LogP contribution < -0.4 is 0 Å². The summed E-state index contributed by atoms with van der Waals surface area (Å²) in [5.41, 5.74) is 0.364. The molecule has 0 spiro atoms. The second-order valence-electron chi connectivity index (χ2n) is 11.7. The predicted octanol–water partition coefficient (Wildman–Crippen LogP) is 5.61. The fourth-order valence-corrected chi connectivity index (χ4v) is 8.74. The van der Waals surface area contributed by atoms with E-state index in [0.717, 1.165) is 51.4 Å². The first-order chi connectivity index (χ1) is 14.3. The number of aliphatic hydroxyl groups is 1. The van der Waals surface area contributed by atoms with Crippen molar-refractivity contribution < 1.29 is 19.8 Å². The molecular formula is C26H42O4. The summed E-state index contributed by atoms with van der Waals surface area (Å²) in [4.78, 5) is 23.0. The molecule has 0 aromatic rings. The number of carbonyl (C=O) groups is 2. The van der Waals surface area contributed by atoms with Crippen LogP contribution in [0, 0.1) is 40.4 Å². The van der Waals surface area contributed by atoms with Crippen LogP contribution in [0.5, 0.6) is 0 Å². The summed E-state index contributed by atoms with van der Waals surface area (Å²) in [6.45, 7) is 4.87. The molecule has 0 heterocycles. The highest BCUT2D eigenvalue weighted by Gasteiger charge is 2.62. The van der Waals surface area contributed by atoms with Gasteiger partial charge in [0.1, 0.15) is 5.78 Å². The van der Waals surface area contributed by atoms with Gasteiger partial charge in [-0.15, -0.1) is 0 Å². The van der Waals surface area contributed by atoms with Gasteiger partial charge in [0, 0.05) is 19.3 Å². The largest absolute Gasteiger partial charge is 0.481 e. The van der Waals surface area contributed by atoms with Crippen LogP contribution in [0.25, 0.3) is 0 Å². The van der Waals surface area contributed by atoms with Gasteiger partial charge in [-0.1, -0.05) is 39.5 Å². The lowest BCUT2D eigenvalue weighted by atomic mass is 9.42. The molecule has 0 bridgehead atoms. The molecule has 170 valence electrons. The smallest absolute Gasteiger partial charge is 0.303 e. The van der Waals surface area contributed by atoms with Crippen molar-refractivity contribution >= 4 is 11.8 Å². The van der Waals surface area contributed by atoms with Crippen LogP contribution in [0.15, 0.2) is 0 Å². The van der Waals surface area contributed by atoms with Gasteiger partial charge in [0.2, 0.25) is 0 Å². The minimum atomic E-state index is -0.688. The van der Waals surface area contributed by atoms with Crippen molar-refractivity contribution in [2.24, 2.45) is 40.4 Å². The second kappa shape index (κ2) is 8.56. The normalized spacial score (nSPS) is 45.5. The van der Waals surface area contributed by atoms with Gasteiger partial charge in [0.15, 0.2) is 0 Å². The molecule has 0 aromatic carbocycles. The minimum Gasteiger partial charge on any atom is -0.481 e. The van der Waals surface area contributed by atoms with Gasteiger partial charge in [0.25, 0.3) is 0 Å². The SMILES string of the molecule is C[C@]12CCC(=O)C[C@@H]1CC[C@@H]1[C@@H]2[C@@H](CCCCCCC(=O)O)C[C@]2(C)[C@@H](O)CC[C@@H]12. The fraction of sp³-hybridized carbons (Fsp3) is 0.923. The standard InChI is InChI=1S/C26H42O4/c1-25-14-13-19(27)15-18(25)9-10-20-21-11-12-22(28)26(21,2)16-17(24(20)25)7-5-3-4-6-8-23(29)30/h17-18,20-22,24,28H,3-16H2,1-2H3,(H,29,30)/t17-,18-,20-,21-,22-,24-,25-,26-/m0/s1. The van der Waals surface area contributed by atoms with E-state index in [-0.39, 0.29) is 17.9 Å². The molecule has 4 fully saturated rings. The molecule has 30 heavy (non-hydrogen) atoms. The highest BCUT2D eigenvalue weighted by atomic mass is 16.4. The average molecular weight is 419 g/mol. The highest BCUT2D eigenvalue weighted by molar-refractivity contribution is 5.79. The van der Waals surface area contributed by atoms with E-state index in [1.165, 1.54) is 32.1 Å². The lowest BCUT2D eigenvalue weighted by Gasteiger charge is -2.62. The van der Waals surface area contributed by atoms with Crippen molar-refractivity contribution in [2.75, 3.05) is 0 Å². The van der Waals surface area contributed by atoms with Gasteiger partial charge >= 0.3 is 5.97 Å². The van der Waals surface area contributed by atoms with Crippen molar-refractivity contribution in [2.45, 2.75) is 110 Å². The summed E-state index contributed by atoms with van der Waals surface area (Å²) in [6, 6.07) is 0. The lowest BCUT2D eigenvalue weighted by molar-refractivity contribution is -0.159. The zero-order valence-electron chi connectivity index (χ0n) is 19.1. The molecule has 0 radical (unpaired) electrons. The van der Waals surface area contributed by atoms with Crippen LogP contribution in [0.2, 0.25) is 0 Å². The summed E-state index contributed by atoms with van der Waals surface area (Å²) < 4.78 is 0. The number of rotatable bonds is 7. The Hall–Kier alpha value is -0.900. The molecule has 2 N–H and O–H groups in total. The lowest BCUT2D eigenvalue weighted by Crippen LogP contribution is -2.57. The maximum absolute atomic E-state index is 12.2. The van der Waals surface area contributed by atoms with E-state index in [4.69, 9.17) is 5.11 Å². The third-order valence-corrected chi connectivity index (χ3v) is 10.2. The van der Waals surface area contributed by atoms with Crippen LogP contribution >= 0.6 is 0 Å². The third-order valence-electron chi connectivity index (χ3n) is 10.2. The Morgan fingerprint density at radius 3 is 2.57 bits per heavy atom. The average Bonchev–Trinajstić information content (AvgIpc) is 2.99. The number of hydrogen-bond donors (Lipinski definition) is 2. The monoisotopic (exact) mass is 418 g/mol. The summed E-state index contributed by atoms with van der Waals surface area (Å²) in [7, 11) is 0. The predicted molar refractivity (Wildman–Crippen MR) is 117 cm³/mol. The molecule has 8 atom stereocenters. The summed E-state index contributed by atoms with van der Waals surface area (Å²) in [5, 5.41) is 19.8. The molecule has 4 aliphatic carbocycles. The van der Waals surface area contributed by atoms with Gasteiger partial charge in [-0.2, -0.15) is 0 Å². The number of hydrogen-bond acceptors (Lipinski definition) is 3. The Balaban J connectivity index is 1.50. The van der Waals surface area contributed by atoms with Gasteiger partial charge < -0.3 is 10.2 Å². The molecule has 4 rings (SSSR count). The van der Waals surface area contributed by atoms with Gasteiger partial charge in [-0.05, 0) is 85.4 Å². The first-order valence-electron chi connectivity index (χ1n) is 12.7. The summed E-state index contributed by atoms with van der Waals surface area (Å²) in [5.74, 6) is 3.06. The molecule has 4 nitrogen and oxygen atoms in total. The van der Waals surface area contributed by atoms with Crippen molar-refractivity contribution in [3.05, 3.63) is 0 Å². The Bertz CT molecular complexity index is 659. The summed E-state index contributed by atoms with van der Waals surface area (Å²) >= 11 is 0. The second-order valence-corrected chi connectivity index (χ2v) is 11.7. The van der Waals surface area contributed by atoms with E-state index in [0.29, 0.717) is 40.8 Å². The minimum absolute atomic E-state index is 0.0722. The first kappa shape index (κ1) is 22.3. The van der Waals surface area contributed by atoms with Crippen LogP contribution in [0.4, 0.5) is 0 Å². The molecule has 4 aliphatic rings. The van der Waals surface area contributed by atoms with E-state index in [1.807, 2.05) is 0 Å². The molecule has 4 saturated carbocycles. The quantitative estimate of drug-likeness (QED) is 0.527. The molecule has 0 unspecified atom stereocenters. The molecule has 0 amide bonds. The number of aliphatic hydroxyl groups excluding tert-OH is 1. The maximum Gasteiger partial charge on any atom is 0.303 e. The highest BCUT2D eigenvalue weighted by Crippen LogP contribution is 2.68. The van der Waals surface area contributed by atoms with Gasteiger partial charge in [-0.25, -0.2) is 0 Å². The van der Waals surface area contributed by atoms with Gasteiger partial charge in [0.05, 0.1) is 6.10 Å². The molecular weight excluding hydrogens is 376 g/mol. The molecule has 4 heteroatoms. The number of aliphatic carboxylic acids is 1. The van der Waals surface area contributed by atoms with E-state index in [2.05, 4.69) is 13.8 Å². The van der Waals surface area contributed by atoms with E-state index < -0.39 is 5.97 Å². The Morgan fingerprint density at radius 2 is 1.80 bits per heavy atom. The van der Waals surface area contributed by atoms with E-state index >= 15 is 0 Å². The Labute approximate surface area is 182 Å². The van der Waals surface area contributed by atoms with Crippen molar-refractivity contribution in [3.8, 4) is 0 Å². The van der Waals surface area contributed by atoms with Crippen LogP contribution in [-0.4, -0.2) is 28.1 Å². The molecule has 0 aliphatic heterocycles. The Morgan fingerprint density at radius 1 is 1.03 bits per heavy atom. The number of unbranched alkanes of at least 4 members (excludes halogenated alkanes) is 3. The number of carboxylic acid groups (broad SMARTS) is 1. The number of carbonyl (C=O) groups excluding carboxylic acids is 1. The van der Waals surface area contributed by atoms with Crippen molar-refractivity contribution in [1.29, 1.82) is 0 Å². The Kier molecular flexibility index (Phi) is 6.36. The molecule has 0 aromatic heterocycles. The van der Waals surface area contributed by atoms with E-state index in [1.54, 1.807) is 0 Å². The zero-order chi connectivity index (χ0) is 21.5. The summed E-state index contributed by atoms with van der Waals surface area (Å²) in [6.07, 6.45) is 13.8. The van der Waals surface area contributed by atoms with Crippen LogP contribution in [-0.2, 0) is 9.59 Å². The number of fused-ring (bicyclic) bond motifs is 5. The third kappa shape index (κ3) is 3.87. The number of Topliss-reactive ketones (excluding diaryl/α,β-unsaturated/α-hetero) is 1. The zero-order valence-corrected chi connectivity index (χ0v) is 19.1. The van der Waals surface area contributed by atoms with Crippen LogP contribution in [0.3, 0.4) is 0 Å². The topological polar surface area (TPSA) is 74.6 Å². The molecule has 0 saturated heterocycles. The number of carboxylic acids is 1. The number of ketones is 1. The first-order valence-corrected chi connectivity index (χ1v) is 12.7. The fourth-order valence-electron chi connectivity index (χ4n) is 8.74. The van der Waals surface area contributed by atoms with Gasteiger partial charge in [-0.3, -0.25) is 9.59 Å². The van der Waals surface area contributed by atoms with Crippen LogP contribution in [0.1, 0.15) is 104 Å². The van der Waals surface area contributed by atoms with E-state index in [9.17, 15) is 14.7 Å². The van der Waals surface area contributed by atoms with Crippen molar-refractivity contribution in [1.82, 2.24) is 0 Å². The van der Waals surface area contributed by atoms with Crippen molar-refractivity contribution in [3.63, 3.8) is 0 Å². The maximum atomic E-state index is 12.2.